The highest BCUT2D eigenvalue weighted by molar-refractivity contribution is 6.26. The van der Waals surface area contributed by atoms with E-state index in [1.54, 1.807) is 48.5 Å². The first kappa shape index (κ1) is 17.6. The minimum absolute atomic E-state index is 0.00627. The molecule has 10 aromatic rings. The van der Waals surface area contributed by atoms with Gasteiger partial charge in [-0.1, -0.05) is 176 Å². The average molecular weight is 636 g/mol. The van der Waals surface area contributed by atoms with Crippen molar-refractivity contribution in [3.05, 3.63) is 182 Å². The van der Waals surface area contributed by atoms with E-state index in [0.29, 0.717) is 38.6 Å². The highest BCUT2D eigenvalue weighted by Crippen LogP contribution is 2.50. The van der Waals surface area contributed by atoms with Gasteiger partial charge in [-0.3, -0.25) is 0 Å². The van der Waals surface area contributed by atoms with Gasteiger partial charge in [-0.15, -0.1) is 0 Å². The molecule has 0 spiro atoms. The summed E-state index contributed by atoms with van der Waals surface area (Å²) in [4.78, 5) is 0. The predicted molar refractivity (Wildman–Crippen MR) is 208 cm³/mol. The van der Waals surface area contributed by atoms with E-state index in [1.165, 1.54) is 0 Å². The molecule has 0 saturated heterocycles. The van der Waals surface area contributed by atoms with Gasteiger partial charge >= 0.3 is 0 Å². The van der Waals surface area contributed by atoms with Crippen LogP contribution in [0.3, 0.4) is 0 Å². The molecule has 1 heterocycles. The Hall–Kier alpha value is -6.44. The molecule has 49 heavy (non-hydrogen) atoms. The molecule has 9 aromatic carbocycles. The molecule has 10 rings (SSSR count). The van der Waals surface area contributed by atoms with Crippen LogP contribution in [0, 0.1) is 0 Å². The fourth-order valence-electron chi connectivity index (χ4n) is 7.17. The third-order valence-corrected chi connectivity index (χ3v) is 9.21. The highest BCUT2D eigenvalue weighted by atomic mass is 16.3. The van der Waals surface area contributed by atoms with Crippen molar-refractivity contribution in [3.8, 4) is 44.5 Å². The van der Waals surface area contributed by atoms with Gasteiger partial charge in [-0.25, -0.2) is 0 Å². The standard InChI is InChI=1S/C48H30O/c1-2-15-31(16-3-1)34-30-29-32-17-4-5-18-33(32)46(34)47-40-24-10-8-22-38(40)45(39-23-9-11-25-41(39)47)37-21-7-6-19-35(37)42-26-14-27-43-36-20-12-13-28-44(36)49-48(42)43/h1-30H/i1D,2D,3D,8D,9D,10D,11D,15D,16D,22D,23D,24D,25D. The second-order valence-corrected chi connectivity index (χ2v) is 11.8. The molecule has 0 radical (unpaired) electrons. The minimum Gasteiger partial charge on any atom is -0.455 e. The number of hydrogen-bond donors (Lipinski definition) is 0. The van der Waals surface area contributed by atoms with Gasteiger partial charge in [0.15, 0.2) is 0 Å². The minimum atomic E-state index is -0.605. The molecule has 1 nitrogen and oxygen atoms in total. The van der Waals surface area contributed by atoms with Crippen LogP contribution in [-0.2, 0) is 0 Å². The van der Waals surface area contributed by atoms with E-state index < -0.39 is 78.6 Å². The third kappa shape index (κ3) is 4.26. The molecule has 0 aliphatic rings. The van der Waals surface area contributed by atoms with Crippen molar-refractivity contribution in [2.45, 2.75) is 0 Å². The zero-order valence-electron chi connectivity index (χ0n) is 38.7. The lowest BCUT2D eigenvalue weighted by molar-refractivity contribution is 0.670. The lowest BCUT2D eigenvalue weighted by Crippen LogP contribution is -1.95. The first-order chi connectivity index (χ1) is 29.7. The monoisotopic (exact) mass is 635 g/mol. The number of hydrogen-bond acceptors (Lipinski definition) is 1. The Bertz CT molecular complexity index is 3520. The fraction of sp³-hybridized carbons (Fsp3) is 0. The molecule has 0 amide bonds. The van der Waals surface area contributed by atoms with Crippen LogP contribution in [0.1, 0.15) is 17.8 Å². The van der Waals surface area contributed by atoms with Crippen molar-refractivity contribution in [3.63, 3.8) is 0 Å². The maximum Gasteiger partial charge on any atom is 0.143 e. The van der Waals surface area contributed by atoms with Crippen molar-refractivity contribution < 1.29 is 22.2 Å². The number of benzene rings is 9. The first-order valence-corrected chi connectivity index (χ1v) is 15.8. The number of para-hydroxylation sites is 2. The van der Waals surface area contributed by atoms with Gasteiger partial charge in [0.25, 0.3) is 0 Å². The number of furan rings is 1. The van der Waals surface area contributed by atoms with E-state index in [1.807, 2.05) is 54.6 Å². The molecule has 1 aromatic heterocycles. The zero-order chi connectivity index (χ0) is 43.6. The molecule has 0 aliphatic heterocycles. The summed E-state index contributed by atoms with van der Waals surface area (Å²) in [5.74, 6) is 0. The molecule has 1 heteroatoms. The molecule has 0 N–H and O–H groups in total. The predicted octanol–water partition coefficient (Wildman–Crippen LogP) is 13.7. The second kappa shape index (κ2) is 11.1. The van der Waals surface area contributed by atoms with Crippen LogP contribution in [0.4, 0.5) is 0 Å². The van der Waals surface area contributed by atoms with Gasteiger partial charge in [0.2, 0.25) is 0 Å². The Morgan fingerprint density at radius 2 is 0.918 bits per heavy atom. The van der Waals surface area contributed by atoms with E-state index in [4.69, 9.17) is 16.8 Å². The number of rotatable bonds is 4. The Labute approximate surface area is 302 Å². The summed E-state index contributed by atoms with van der Waals surface area (Å²) in [6, 6.07) is 23.7. The SMILES string of the molecule is [2H]c1c([2H])c([2H])c(-c2ccc3ccccc3c2-c2c3c([2H])c([2H])c([2H])c([2H])c3c(-c3ccccc3-c3cccc4c3oc3ccccc34)c3c([2H])c([2H])c([2H])c([2H])c23)c([2H])c1[2H]. The van der Waals surface area contributed by atoms with Crippen molar-refractivity contribution in [1.82, 2.24) is 0 Å². The summed E-state index contributed by atoms with van der Waals surface area (Å²) >= 11 is 0. The number of fused-ring (bicyclic) bond motifs is 6. The highest BCUT2D eigenvalue weighted by Gasteiger charge is 2.23. The Kier molecular flexibility index (Phi) is 3.99. The lowest BCUT2D eigenvalue weighted by Gasteiger charge is -2.22. The third-order valence-electron chi connectivity index (χ3n) is 9.21. The molecule has 0 saturated carbocycles. The van der Waals surface area contributed by atoms with E-state index in [-0.39, 0.29) is 49.4 Å². The summed E-state index contributed by atoms with van der Waals surface area (Å²) in [5, 5.41) is 2.56. The van der Waals surface area contributed by atoms with Crippen LogP contribution in [0.5, 0.6) is 0 Å². The molecular formula is C48H30O. The van der Waals surface area contributed by atoms with Crippen molar-refractivity contribution in [1.29, 1.82) is 0 Å². The van der Waals surface area contributed by atoms with Gasteiger partial charge in [-0.2, -0.15) is 0 Å². The molecule has 0 aliphatic carbocycles. The quantitative estimate of drug-likeness (QED) is 0.175. The van der Waals surface area contributed by atoms with Gasteiger partial charge in [0.05, 0.1) is 17.8 Å². The van der Waals surface area contributed by atoms with Crippen LogP contribution in [0.15, 0.2) is 186 Å². The second-order valence-electron chi connectivity index (χ2n) is 11.8. The molecule has 0 unspecified atom stereocenters. The lowest BCUT2D eigenvalue weighted by atomic mass is 9.81. The van der Waals surface area contributed by atoms with E-state index >= 15 is 0 Å². The normalized spacial score (nSPS) is 15.4. The van der Waals surface area contributed by atoms with E-state index in [9.17, 15) is 5.48 Å². The maximum absolute atomic E-state index is 9.67. The molecule has 0 bridgehead atoms. The topological polar surface area (TPSA) is 13.1 Å². The van der Waals surface area contributed by atoms with Crippen LogP contribution in [0.2, 0.25) is 0 Å². The van der Waals surface area contributed by atoms with Crippen molar-refractivity contribution >= 4 is 54.3 Å². The van der Waals surface area contributed by atoms with Crippen LogP contribution >= 0.6 is 0 Å². The van der Waals surface area contributed by atoms with E-state index in [0.717, 1.165) is 10.8 Å². The Morgan fingerprint density at radius 3 is 1.67 bits per heavy atom. The molecule has 0 fully saturated rings. The summed E-state index contributed by atoms with van der Waals surface area (Å²) in [7, 11) is 0. The summed E-state index contributed by atoms with van der Waals surface area (Å²) < 4.78 is 125. The molecular weight excluding hydrogens is 593 g/mol. The van der Waals surface area contributed by atoms with Gasteiger partial charge < -0.3 is 4.42 Å². The molecule has 0 atom stereocenters. The Balaban J connectivity index is 1.49. The first-order valence-electron chi connectivity index (χ1n) is 22.3. The summed E-state index contributed by atoms with van der Waals surface area (Å²) in [6.45, 7) is 0. The maximum atomic E-state index is 9.67. The Morgan fingerprint density at radius 1 is 0.347 bits per heavy atom. The van der Waals surface area contributed by atoms with Crippen molar-refractivity contribution in [2.24, 2.45) is 0 Å². The van der Waals surface area contributed by atoms with Gasteiger partial charge in [0, 0.05) is 16.3 Å². The van der Waals surface area contributed by atoms with Gasteiger partial charge in [-0.05, 0) is 77.3 Å². The summed E-state index contributed by atoms with van der Waals surface area (Å²) in [6.07, 6.45) is 0. The fourth-order valence-corrected chi connectivity index (χ4v) is 7.17. The van der Waals surface area contributed by atoms with Crippen LogP contribution < -0.4 is 0 Å². The smallest absolute Gasteiger partial charge is 0.143 e. The van der Waals surface area contributed by atoms with Gasteiger partial charge in [0.1, 0.15) is 11.2 Å². The zero-order valence-corrected chi connectivity index (χ0v) is 25.7. The largest absolute Gasteiger partial charge is 0.455 e. The van der Waals surface area contributed by atoms with E-state index in [2.05, 4.69) is 0 Å². The average Bonchev–Trinajstić information content (AvgIpc) is 3.68. The summed E-state index contributed by atoms with van der Waals surface area (Å²) in [5.41, 5.74) is 3.02. The van der Waals surface area contributed by atoms with Crippen LogP contribution in [0.25, 0.3) is 98.8 Å². The molecule has 228 valence electrons. The van der Waals surface area contributed by atoms with Crippen molar-refractivity contribution in [2.75, 3.05) is 0 Å². The van der Waals surface area contributed by atoms with Crippen LogP contribution in [-0.4, -0.2) is 0 Å².